The summed E-state index contributed by atoms with van der Waals surface area (Å²) in [7, 11) is -3.58. The molecule has 5 nitrogen and oxygen atoms in total. The van der Waals surface area contributed by atoms with Crippen molar-refractivity contribution >= 4 is 27.3 Å². The minimum absolute atomic E-state index is 0.0435. The van der Waals surface area contributed by atoms with E-state index in [0.717, 1.165) is 25.9 Å². The van der Waals surface area contributed by atoms with Crippen molar-refractivity contribution in [3.8, 4) is 0 Å². The van der Waals surface area contributed by atoms with E-state index in [1.54, 1.807) is 10.4 Å². The normalized spacial score (nSPS) is 27.7. The Morgan fingerprint density at radius 1 is 1.33 bits per heavy atom. The van der Waals surface area contributed by atoms with Gasteiger partial charge in [-0.25, -0.2) is 8.42 Å². The molecule has 2 N–H and O–H groups in total. The number of halogens is 1. The van der Waals surface area contributed by atoms with E-state index in [1.165, 1.54) is 12.1 Å². The first-order valence-electron chi connectivity index (χ1n) is 7.20. The maximum atomic E-state index is 12.9. The van der Waals surface area contributed by atoms with E-state index >= 15 is 0 Å². The summed E-state index contributed by atoms with van der Waals surface area (Å²) in [5.74, 6) is 0. The SMILES string of the molecule is CC1CN2CCCC2CN1S(=O)(=O)c1ccc(N)cc1Cl. The van der Waals surface area contributed by atoms with Crippen LogP contribution in [0.5, 0.6) is 0 Å². The van der Waals surface area contributed by atoms with E-state index in [-0.39, 0.29) is 16.0 Å². The first-order valence-corrected chi connectivity index (χ1v) is 9.02. The smallest absolute Gasteiger partial charge is 0.244 e. The molecule has 0 radical (unpaired) electrons. The van der Waals surface area contributed by atoms with Crippen LogP contribution in [-0.2, 0) is 10.0 Å². The van der Waals surface area contributed by atoms with E-state index < -0.39 is 10.0 Å². The Labute approximate surface area is 130 Å². The molecule has 2 fully saturated rings. The van der Waals surface area contributed by atoms with Crippen molar-refractivity contribution in [2.24, 2.45) is 0 Å². The highest BCUT2D eigenvalue weighted by Crippen LogP contribution is 2.32. The first-order chi connectivity index (χ1) is 9.89. The van der Waals surface area contributed by atoms with Gasteiger partial charge in [0.25, 0.3) is 0 Å². The van der Waals surface area contributed by atoms with E-state index in [4.69, 9.17) is 17.3 Å². The Kier molecular flexibility index (Phi) is 3.90. The molecular weight excluding hydrogens is 310 g/mol. The van der Waals surface area contributed by atoms with Crippen LogP contribution in [-0.4, -0.2) is 49.3 Å². The number of nitrogens with zero attached hydrogens (tertiary/aromatic N) is 2. The quantitative estimate of drug-likeness (QED) is 0.840. The van der Waals surface area contributed by atoms with Gasteiger partial charge in [0, 0.05) is 30.9 Å². The van der Waals surface area contributed by atoms with Crippen LogP contribution in [0.25, 0.3) is 0 Å². The van der Waals surface area contributed by atoms with Crippen LogP contribution in [0.4, 0.5) is 5.69 Å². The second-order valence-electron chi connectivity index (χ2n) is 5.90. The fourth-order valence-electron chi connectivity index (χ4n) is 3.35. The topological polar surface area (TPSA) is 66.6 Å². The highest BCUT2D eigenvalue weighted by Gasteiger charge is 2.40. The summed E-state index contributed by atoms with van der Waals surface area (Å²) in [6, 6.07) is 4.86. The molecule has 2 aliphatic heterocycles. The first kappa shape index (κ1) is 15.1. The molecule has 0 saturated carbocycles. The fraction of sp³-hybridized carbons (Fsp3) is 0.571. The van der Waals surface area contributed by atoms with E-state index in [9.17, 15) is 8.42 Å². The maximum absolute atomic E-state index is 12.9. The molecule has 1 aromatic rings. The van der Waals surface area contributed by atoms with Gasteiger partial charge >= 0.3 is 0 Å². The van der Waals surface area contributed by atoms with E-state index in [1.807, 2.05) is 6.92 Å². The van der Waals surface area contributed by atoms with Gasteiger partial charge in [0.2, 0.25) is 10.0 Å². The van der Waals surface area contributed by atoms with Gasteiger partial charge in [0.05, 0.1) is 5.02 Å². The van der Waals surface area contributed by atoms with Crippen LogP contribution >= 0.6 is 11.6 Å². The second-order valence-corrected chi connectivity index (χ2v) is 8.17. The van der Waals surface area contributed by atoms with Crippen LogP contribution < -0.4 is 5.73 Å². The fourth-order valence-corrected chi connectivity index (χ4v) is 5.54. The number of nitrogen functional groups attached to an aromatic ring is 1. The van der Waals surface area contributed by atoms with Gasteiger partial charge in [-0.2, -0.15) is 4.31 Å². The van der Waals surface area contributed by atoms with Crippen molar-refractivity contribution in [1.29, 1.82) is 0 Å². The molecule has 116 valence electrons. The van der Waals surface area contributed by atoms with Gasteiger partial charge in [-0.05, 0) is 44.5 Å². The lowest BCUT2D eigenvalue weighted by Crippen LogP contribution is -2.56. The molecule has 2 saturated heterocycles. The summed E-state index contributed by atoms with van der Waals surface area (Å²) >= 11 is 6.10. The summed E-state index contributed by atoms with van der Waals surface area (Å²) in [5.41, 5.74) is 6.11. The summed E-state index contributed by atoms with van der Waals surface area (Å²) in [5, 5.41) is 0.191. The van der Waals surface area contributed by atoms with Gasteiger partial charge in [-0.3, -0.25) is 4.90 Å². The zero-order valence-corrected chi connectivity index (χ0v) is 13.6. The Hall–Kier alpha value is -0.820. The number of sulfonamides is 1. The average molecular weight is 330 g/mol. The number of piperazine rings is 1. The summed E-state index contributed by atoms with van der Waals surface area (Å²) in [4.78, 5) is 2.54. The van der Waals surface area contributed by atoms with Crippen molar-refractivity contribution in [3.63, 3.8) is 0 Å². The number of fused-ring (bicyclic) bond motifs is 1. The minimum Gasteiger partial charge on any atom is -0.399 e. The van der Waals surface area contributed by atoms with Crippen molar-refractivity contribution in [3.05, 3.63) is 23.2 Å². The van der Waals surface area contributed by atoms with Crippen molar-refractivity contribution in [2.45, 2.75) is 36.7 Å². The van der Waals surface area contributed by atoms with Crippen molar-refractivity contribution in [2.75, 3.05) is 25.4 Å². The molecule has 0 amide bonds. The lowest BCUT2D eigenvalue weighted by molar-refractivity contribution is 0.117. The average Bonchev–Trinajstić information content (AvgIpc) is 2.84. The van der Waals surface area contributed by atoms with Crippen molar-refractivity contribution in [1.82, 2.24) is 9.21 Å². The molecule has 0 aliphatic carbocycles. The number of rotatable bonds is 2. The maximum Gasteiger partial charge on any atom is 0.244 e. The highest BCUT2D eigenvalue weighted by atomic mass is 35.5. The third-order valence-corrected chi connectivity index (χ3v) is 6.89. The Balaban J connectivity index is 1.93. The number of anilines is 1. The molecule has 2 aliphatic rings. The lowest BCUT2D eigenvalue weighted by atomic mass is 10.1. The third kappa shape index (κ3) is 2.65. The predicted octanol–water partition coefficient (Wildman–Crippen LogP) is 1.78. The standard InChI is InChI=1S/C14H20ClN3O2S/c1-10-8-17-6-2-3-12(17)9-18(10)21(19,20)14-5-4-11(16)7-13(14)15/h4-5,7,10,12H,2-3,6,8-9,16H2,1H3. The predicted molar refractivity (Wildman–Crippen MR) is 83.8 cm³/mol. The molecule has 7 heteroatoms. The molecule has 0 aromatic heterocycles. The molecule has 0 bridgehead atoms. The molecule has 1 aromatic carbocycles. The zero-order valence-electron chi connectivity index (χ0n) is 12.0. The monoisotopic (exact) mass is 329 g/mol. The van der Waals surface area contributed by atoms with Crippen LogP contribution in [0.15, 0.2) is 23.1 Å². The van der Waals surface area contributed by atoms with Crippen LogP contribution in [0.1, 0.15) is 19.8 Å². The molecule has 3 rings (SSSR count). The van der Waals surface area contributed by atoms with Gasteiger partial charge in [-0.15, -0.1) is 0 Å². The summed E-state index contributed by atoms with van der Waals surface area (Å²) in [6.45, 7) is 4.36. The van der Waals surface area contributed by atoms with Gasteiger partial charge in [-0.1, -0.05) is 11.6 Å². The molecule has 2 unspecified atom stereocenters. The Morgan fingerprint density at radius 3 is 2.81 bits per heavy atom. The van der Waals surface area contributed by atoms with Crippen LogP contribution in [0.2, 0.25) is 5.02 Å². The number of hydrogen-bond donors (Lipinski definition) is 1. The van der Waals surface area contributed by atoms with Crippen molar-refractivity contribution < 1.29 is 8.42 Å². The lowest BCUT2D eigenvalue weighted by Gasteiger charge is -2.41. The van der Waals surface area contributed by atoms with Gasteiger partial charge in [0.1, 0.15) is 4.90 Å². The number of benzene rings is 1. The minimum atomic E-state index is -3.58. The molecule has 2 heterocycles. The summed E-state index contributed by atoms with van der Waals surface area (Å²) in [6.07, 6.45) is 2.21. The van der Waals surface area contributed by atoms with E-state index in [0.29, 0.717) is 18.3 Å². The molecule has 2 atom stereocenters. The summed E-state index contributed by atoms with van der Waals surface area (Å²) < 4.78 is 27.4. The van der Waals surface area contributed by atoms with Gasteiger partial charge < -0.3 is 5.73 Å². The highest BCUT2D eigenvalue weighted by molar-refractivity contribution is 7.89. The van der Waals surface area contributed by atoms with Crippen LogP contribution in [0, 0.1) is 0 Å². The molecule has 0 spiro atoms. The molecular formula is C14H20ClN3O2S. The zero-order chi connectivity index (χ0) is 15.2. The second kappa shape index (κ2) is 5.43. The largest absolute Gasteiger partial charge is 0.399 e. The van der Waals surface area contributed by atoms with Crippen LogP contribution in [0.3, 0.4) is 0 Å². The Morgan fingerprint density at radius 2 is 2.10 bits per heavy atom. The van der Waals surface area contributed by atoms with Gasteiger partial charge in [0.15, 0.2) is 0 Å². The number of nitrogens with two attached hydrogens (primary N) is 1. The van der Waals surface area contributed by atoms with E-state index in [2.05, 4.69) is 4.90 Å². The Bertz CT molecular complexity index is 650. The molecule has 21 heavy (non-hydrogen) atoms. The number of hydrogen-bond acceptors (Lipinski definition) is 4. The third-order valence-electron chi connectivity index (χ3n) is 4.42.